The molecule has 2 aromatic rings. The van der Waals surface area contributed by atoms with Crippen LogP contribution in [-0.4, -0.2) is 77.4 Å². The molecule has 0 aromatic heterocycles. The molecule has 1 fully saturated rings. The van der Waals surface area contributed by atoms with Crippen molar-refractivity contribution in [1.29, 1.82) is 0 Å². The van der Waals surface area contributed by atoms with E-state index in [1.165, 1.54) is 0 Å². The highest BCUT2D eigenvalue weighted by Crippen LogP contribution is 2.18. The van der Waals surface area contributed by atoms with Gasteiger partial charge in [-0.25, -0.2) is 0 Å². The smallest absolute Gasteiger partial charge is 0.255 e. The molecule has 1 saturated heterocycles. The van der Waals surface area contributed by atoms with Crippen LogP contribution in [0.25, 0.3) is 0 Å². The van der Waals surface area contributed by atoms with Gasteiger partial charge in [-0.2, -0.15) is 0 Å². The summed E-state index contributed by atoms with van der Waals surface area (Å²) in [4.78, 5) is 28.2. The number of amides is 2. The molecule has 8 heteroatoms. The van der Waals surface area contributed by atoms with E-state index in [0.717, 1.165) is 52.1 Å². The van der Waals surface area contributed by atoms with Gasteiger partial charge in [0.25, 0.3) is 11.8 Å². The van der Waals surface area contributed by atoms with E-state index in [1.54, 1.807) is 21.9 Å². The first kappa shape index (κ1) is 27.5. The standard InChI is InChI=1S/C28H40N4O4/c1-3-35-25-13-7-5-11-23(25)27(33)29-15-9-17-31-19-21-32(22-20-31)18-10-16-30-28(34)24-12-6-8-14-26(24)36-4-2/h5-8,11-14H,3-4,9-10,15-22H2,1-2H3,(H,29,33)(H,30,34)/p+2. The quantitative estimate of drug-likeness (QED) is 0.281. The Labute approximate surface area is 214 Å². The number of carbonyl (C=O) groups excluding carboxylic acids is 2. The van der Waals surface area contributed by atoms with Gasteiger partial charge in [-0.3, -0.25) is 9.59 Å². The topological polar surface area (TPSA) is 85.5 Å². The summed E-state index contributed by atoms with van der Waals surface area (Å²) in [5.74, 6) is 1.13. The number of ether oxygens (including phenoxy) is 2. The maximum atomic E-state index is 12.5. The average molecular weight is 499 g/mol. The van der Waals surface area contributed by atoms with Crippen molar-refractivity contribution in [2.75, 3.05) is 65.6 Å². The van der Waals surface area contributed by atoms with Crippen LogP contribution in [0.15, 0.2) is 48.5 Å². The van der Waals surface area contributed by atoms with Gasteiger partial charge in [0.05, 0.1) is 37.4 Å². The van der Waals surface area contributed by atoms with Gasteiger partial charge >= 0.3 is 0 Å². The Morgan fingerprint density at radius 1 is 0.694 bits per heavy atom. The number of hydrogen-bond acceptors (Lipinski definition) is 4. The monoisotopic (exact) mass is 498 g/mol. The first-order valence-corrected chi connectivity index (χ1v) is 13.3. The number of hydrogen-bond donors (Lipinski definition) is 4. The maximum absolute atomic E-state index is 12.5. The molecule has 4 N–H and O–H groups in total. The fraction of sp³-hybridized carbons (Fsp3) is 0.500. The summed E-state index contributed by atoms with van der Waals surface area (Å²) in [6.07, 6.45) is 1.92. The minimum atomic E-state index is -0.0724. The predicted octanol–water partition coefficient (Wildman–Crippen LogP) is 0.207. The number of piperazine rings is 1. The van der Waals surface area contributed by atoms with Crippen molar-refractivity contribution in [3.05, 3.63) is 59.7 Å². The molecule has 2 aromatic carbocycles. The van der Waals surface area contributed by atoms with Gasteiger partial charge < -0.3 is 29.9 Å². The van der Waals surface area contributed by atoms with Crippen LogP contribution < -0.4 is 29.9 Å². The zero-order valence-electron chi connectivity index (χ0n) is 21.7. The lowest BCUT2D eigenvalue weighted by Crippen LogP contribution is -3.28. The summed E-state index contributed by atoms with van der Waals surface area (Å²) in [6, 6.07) is 14.8. The third-order valence-electron chi connectivity index (χ3n) is 6.51. The van der Waals surface area contributed by atoms with Crippen molar-refractivity contribution in [3.63, 3.8) is 0 Å². The Kier molecular flexibility index (Phi) is 11.5. The molecule has 1 heterocycles. The van der Waals surface area contributed by atoms with Crippen LogP contribution >= 0.6 is 0 Å². The zero-order valence-corrected chi connectivity index (χ0v) is 21.7. The SMILES string of the molecule is CCOc1ccccc1C(=O)NCCC[NH+]1CC[NH+](CCCNC(=O)c2ccccc2OCC)CC1. The first-order valence-electron chi connectivity index (χ1n) is 13.3. The van der Waals surface area contributed by atoms with E-state index >= 15 is 0 Å². The lowest BCUT2D eigenvalue weighted by Gasteiger charge is -2.29. The van der Waals surface area contributed by atoms with E-state index in [9.17, 15) is 9.59 Å². The highest BCUT2D eigenvalue weighted by Gasteiger charge is 2.22. The maximum Gasteiger partial charge on any atom is 0.255 e. The highest BCUT2D eigenvalue weighted by molar-refractivity contribution is 5.97. The Balaban J connectivity index is 1.26. The third-order valence-corrected chi connectivity index (χ3v) is 6.51. The van der Waals surface area contributed by atoms with E-state index in [2.05, 4.69) is 10.6 Å². The van der Waals surface area contributed by atoms with Crippen LogP contribution in [0, 0.1) is 0 Å². The Hall–Kier alpha value is -3.10. The zero-order chi connectivity index (χ0) is 25.6. The van der Waals surface area contributed by atoms with Gasteiger partial charge in [0.1, 0.15) is 37.7 Å². The number of rotatable bonds is 14. The van der Waals surface area contributed by atoms with Gasteiger partial charge in [0, 0.05) is 25.9 Å². The van der Waals surface area contributed by atoms with Crippen LogP contribution in [0.5, 0.6) is 11.5 Å². The molecule has 0 spiro atoms. The minimum Gasteiger partial charge on any atom is -0.493 e. The van der Waals surface area contributed by atoms with Gasteiger partial charge in [-0.1, -0.05) is 24.3 Å². The van der Waals surface area contributed by atoms with Crippen molar-refractivity contribution in [2.45, 2.75) is 26.7 Å². The van der Waals surface area contributed by atoms with E-state index in [0.29, 0.717) is 48.9 Å². The van der Waals surface area contributed by atoms with Crippen molar-refractivity contribution in [1.82, 2.24) is 10.6 Å². The van der Waals surface area contributed by atoms with Crippen molar-refractivity contribution in [2.24, 2.45) is 0 Å². The van der Waals surface area contributed by atoms with Gasteiger partial charge in [0.2, 0.25) is 0 Å². The molecule has 8 nitrogen and oxygen atoms in total. The summed E-state index contributed by atoms with van der Waals surface area (Å²) < 4.78 is 11.1. The number of para-hydroxylation sites is 2. The molecule has 3 rings (SSSR count). The average Bonchev–Trinajstić information content (AvgIpc) is 2.90. The molecule has 0 aliphatic carbocycles. The molecule has 196 valence electrons. The molecule has 0 bridgehead atoms. The fourth-order valence-corrected chi connectivity index (χ4v) is 4.60. The third kappa shape index (κ3) is 8.53. The van der Waals surface area contributed by atoms with Crippen LogP contribution in [0.2, 0.25) is 0 Å². The minimum absolute atomic E-state index is 0.0724. The normalized spacial score (nSPS) is 17.3. The predicted molar refractivity (Wildman–Crippen MR) is 140 cm³/mol. The van der Waals surface area contributed by atoms with Crippen molar-refractivity contribution in [3.8, 4) is 11.5 Å². The fourth-order valence-electron chi connectivity index (χ4n) is 4.60. The number of quaternary nitrogens is 2. The molecular weight excluding hydrogens is 456 g/mol. The summed E-state index contributed by atoms with van der Waals surface area (Å²) in [5.41, 5.74) is 1.19. The molecule has 0 atom stereocenters. The molecule has 0 unspecified atom stereocenters. The summed E-state index contributed by atoms with van der Waals surface area (Å²) >= 11 is 0. The molecule has 0 saturated carbocycles. The first-order chi connectivity index (χ1) is 17.6. The summed E-state index contributed by atoms with van der Waals surface area (Å²) in [7, 11) is 0. The largest absolute Gasteiger partial charge is 0.493 e. The lowest BCUT2D eigenvalue weighted by atomic mass is 10.2. The number of nitrogens with one attached hydrogen (secondary N) is 4. The molecule has 1 aliphatic rings. The van der Waals surface area contributed by atoms with Crippen LogP contribution in [-0.2, 0) is 0 Å². The van der Waals surface area contributed by atoms with Crippen molar-refractivity contribution < 1.29 is 28.9 Å². The van der Waals surface area contributed by atoms with E-state index in [4.69, 9.17) is 9.47 Å². The van der Waals surface area contributed by atoms with Crippen LogP contribution in [0.3, 0.4) is 0 Å². The van der Waals surface area contributed by atoms with E-state index in [1.807, 2.05) is 50.2 Å². The van der Waals surface area contributed by atoms with Gasteiger partial charge in [0.15, 0.2) is 0 Å². The van der Waals surface area contributed by atoms with Crippen LogP contribution in [0.4, 0.5) is 0 Å². The van der Waals surface area contributed by atoms with Crippen LogP contribution in [0.1, 0.15) is 47.4 Å². The Morgan fingerprint density at radius 2 is 1.08 bits per heavy atom. The number of carbonyl (C=O) groups is 2. The second-order valence-corrected chi connectivity index (χ2v) is 9.08. The second kappa shape index (κ2) is 15.1. The van der Waals surface area contributed by atoms with Gasteiger partial charge in [-0.05, 0) is 38.1 Å². The molecular formula is C28H42N4O4+2. The van der Waals surface area contributed by atoms with Crippen molar-refractivity contribution >= 4 is 11.8 Å². The Morgan fingerprint density at radius 3 is 1.47 bits per heavy atom. The van der Waals surface area contributed by atoms with Gasteiger partial charge in [-0.15, -0.1) is 0 Å². The van der Waals surface area contributed by atoms with E-state index in [-0.39, 0.29) is 11.8 Å². The summed E-state index contributed by atoms with van der Waals surface area (Å²) in [5, 5.41) is 6.06. The molecule has 1 aliphatic heterocycles. The molecule has 36 heavy (non-hydrogen) atoms. The number of benzene rings is 2. The Bertz CT molecular complexity index is 883. The molecule has 2 amide bonds. The second-order valence-electron chi connectivity index (χ2n) is 9.08. The molecule has 0 radical (unpaired) electrons. The van der Waals surface area contributed by atoms with E-state index < -0.39 is 0 Å². The summed E-state index contributed by atoms with van der Waals surface area (Å²) in [6.45, 7) is 13.0. The highest BCUT2D eigenvalue weighted by atomic mass is 16.5. The lowest BCUT2D eigenvalue weighted by molar-refractivity contribution is -1.01.